The lowest BCUT2D eigenvalue weighted by atomic mass is 10.1. The molecule has 0 saturated heterocycles. The second-order valence-corrected chi connectivity index (χ2v) is 6.46. The molecule has 0 radical (unpaired) electrons. The molecule has 0 aliphatic carbocycles. The number of hydrogen-bond donors (Lipinski definition) is 2. The molecule has 2 N–H and O–H groups in total. The van der Waals surface area contributed by atoms with Crippen LogP contribution in [0.4, 0.5) is 5.69 Å². The third-order valence-electron chi connectivity index (χ3n) is 4.26. The van der Waals surface area contributed by atoms with Crippen LogP contribution < -0.4 is 5.32 Å². The molecule has 0 aliphatic rings. The molecular weight excluding hydrogens is 352 g/mol. The van der Waals surface area contributed by atoms with Crippen LogP contribution in [0, 0.1) is 6.92 Å². The molecule has 3 aromatic carbocycles. The maximum absolute atomic E-state index is 12.2. The van der Waals surface area contributed by atoms with E-state index >= 15 is 0 Å². The van der Waals surface area contributed by atoms with Gasteiger partial charge >= 0.3 is 0 Å². The van der Waals surface area contributed by atoms with Crippen LogP contribution in [0.3, 0.4) is 0 Å². The van der Waals surface area contributed by atoms with Crippen LogP contribution in [-0.2, 0) is 4.79 Å². The van der Waals surface area contributed by atoms with Crippen LogP contribution in [0.2, 0.25) is 0 Å². The standard InChI is InChI=1S/C23H18N2O3/c1-15-7-11-21-19(13-15)25-23(28-21)18-14-17(9-10-20(18)26)24-22(27)12-8-16-5-3-2-4-6-16/h2-14,26H,1H3,(H,24,27)/b12-8+. The number of aryl methyl sites for hydroxylation is 1. The summed E-state index contributed by atoms with van der Waals surface area (Å²) in [5, 5.41) is 13.0. The number of phenolic OH excluding ortho intramolecular Hbond substituents is 1. The Morgan fingerprint density at radius 1 is 1.07 bits per heavy atom. The number of phenols is 1. The smallest absolute Gasteiger partial charge is 0.248 e. The molecule has 28 heavy (non-hydrogen) atoms. The van der Waals surface area contributed by atoms with Gasteiger partial charge in [0.05, 0.1) is 5.56 Å². The molecule has 1 heterocycles. The van der Waals surface area contributed by atoms with Crippen molar-refractivity contribution in [1.82, 2.24) is 4.98 Å². The summed E-state index contributed by atoms with van der Waals surface area (Å²) < 4.78 is 5.76. The van der Waals surface area contributed by atoms with E-state index in [4.69, 9.17) is 4.42 Å². The highest BCUT2D eigenvalue weighted by atomic mass is 16.3. The van der Waals surface area contributed by atoms with Crippen molar-refractivity contribution in [3.8, 4) is 17.2 Å². The summed E-state index contributed by atoms with van der Waals surface area (Å²) in [4.78, 5) is 16.6. The Morgan fingerprint density at radius 2 is 1.89 bits per heavy atom. The van der Waals surface area contributed by atoms with E-state index in [2.05, 4.69) is 10.3 Å². The highest BCUT2D eigenvalue weighted by Crippen LogP contribution is 2.33. The van der Waals surface area contributed by atoms with E-state index in [0.717, 1.165) is 16.6 Å². The van der Waals surface area contributed by atoms with Crippen molar-refractivity contribution < 1.29 is 14.3 Å². The van der Waals surface area contributed by atoms with Crippen molar-refractivity contribution in [3.05, 3.63) is 83.9 Å². The first kappa shape index (κ1) is 17.5. The van der Waals surface area contributed by atoms with E-state index in [0.29, 0.717) is 22.7 Å². The zero-order chi connectivity index (χ0) is 19.5. The normalized spacial score (nSPS) is 11.2. The minimum atomic E-state index is -0.270. The minimum absolute atomic E-state index is 0.0288. The van der Waals surface area contributed by atoms with E-state index in [-0.39, 0.29) is 11.7 Å². The van der Waals surface area contributed by atoms with Gasteiger partial charge < -0.3 is 14.8 Å². The van der Waals surface area contributed by atoms with Crippen LogP contribution in [0.15, 0.2) is 77.2 Å². The minimum Gasteiger partial charge on any atom is -0.507 e. The second-order valence-electron chi connectivity index (χ2n) is 6.46. The molecular formula is C23H18N2O3. The Kier molecular flexibility index (Phi) is 4.64. The largest absolute Gasteiger partial charge is 0.507 e. The van der Waals surface area contributed by atoms with Gasteiger partial charge in [0.15, 0.2) is 5.58 Å². The number of fused-ring (bicyclic) bond motifs is 1. The van der Waals surface area contributed by atoms with Crippen molar-refractivity contribution in [2.75, 3.05) is 5.32 Å². The molecule has 1 aromatic heterocycles. The summed E-state index contributed by atoms with van der Waals surface area (Å²) in [6.07, 6.45) is 3.20. The lowest BCUT2D eigenvalue weighted by molar-refractivity contribution is -0.111. The Hall–Kier alpha value is -3.86. The SMILES string of the molecule is Cc1ccc2oc(-c3cc(NC(=O)/C=C/c4ccccc4)ccc3O)nc2c1. The first-order chi connectivity index (χ1) is 13.6. The van der Waals surface area contributed by atoms with Crippen molar-refractivity contribution in [2.24, 2.45) is 0 Å². The number of anilines is 1. The quantitative estimate of drug-likeness (QED) is 0.384. The van der Waals surface area contributed by atoms with E-state index in [1.54, 1.807) is 18.2 Å². The number of hydrogen-bond acceptors (Lipinski definition) is 4. The molecule has 0 unspecified atom stereocenters. The molecule has 0 fully saturated rings. The van der Waals surface area contributed by atoms with Gasteiger partial charge in [0.25, 0.3) is 0 Å². The van der Waals surface area contributed by atoms with Gasteiger partial charge in [0, 0.05) is 11.8 Å². The Bertz CT molecular complexity index is 1180. The molecule has 4 aromatic rings. The van der Waals surface area contributed by atoms with E-state index in [1.165, 1.54) is 12.1 Å². The van der Waals surface area contributed by atoms with Crippen molar-refractivity contribution in [3.63, 3.8) is 0 Å². The predicted octanol–water partition coefficient (Wildman–Crippen LogP) is 5.16. The molecule has 4 rings (SSSR count). The fraction of sp³-hybridized carbons (Fsp3) is 0.0435. The van der Waals surface area contributed by atoms with Crippen LogP contribution >= 0.6 is 0 Å². The van der Waals surface area contributed by atoms with Gasteiger partial charge in [-0.1, -0.05) is 36.4 Å². The highest BCUT2D eigenvalue weighted by Gasteiger charge is 2.14. The van der Waals surface area contributed by atoms with Crippen molar-refractivity contribution in [2.45, 2.75) is 6.92 Å². The predicted molar refractivity (Wildman–Crippen MR) is 110 cm³/mol. The Balaban J connectivity index is 1.58. The number of carbonyl (C=O) groups excluding carboxylic acids is 1. The molecule has 5 heteroatoms. The monoisotopic (exact) mass is 370 g/mol. The number of aromatic nitrogens is 1. The number of carbonyl (C=O) groups is 1. The number of aromatic hydroxyl groups is 1. The van der Waals surface area contributed by atoms with Crippen molar-refractivity contribution in [1.29, 1.82) is 0 Å². The van der Waals surface area contributed by atoms with Gasteiger partial charge in [-0.15, -0.1) is 0 Å². The molecule has 0 spiro atoms. The molecule has 138 valence electrons. The maximum Gasteiger partial charge on any atom is 0.248 e. The number of nitrogens with one attached hydrogen (secondary N) is 1. The zero-order valence-electron chi connectivity index (χ0n) is 15.2. The number of nitrogens with zero attached hydrogens (tertiary/aromatic N) is 1. The molecule has 1 amide bonds. The molecule has 0 atom stereocenters. The fourth-order valence-corrected chi connectivity index (χ4v) is 2.86. The molecule has 0 bridgehead atoms. The van der Waals surface area contributed by atoms with E-state index in [9.17, 15) is 9.90 Å². The number of rotatable bonds is 4. The van der Waals surface area contributed by atoms with Gasteiger partial charge in [-0.3, -0.25) is 4.79 Å². The van der Waals surface area contributed by atoms with Gasteiger partial charge in [0.2, 0.25) is 11.8 Å². The lowest BCUT2D eigenvalue weighted by Crippen LogP contribution is -2.07. The van der Waals surface area contributed by atoms with Gasteiger partial charge in [0.1, 0.15) is 11.3 Å². The molecule has 0 saturated carbocycles. The third-order valence-corrected chi connectivity index (χ3v) is 4.26. The summed E-state index contributed by atoms with van der Waals surface area (Å²) in [6, 6.07) is 20.0. The average Bonchev–Trinajstić information content (AvgIpc) is 3.11. The number of amides is 1. The van der Waals surface area contributed by atoms with Gasteiger partial charge in [-0.2, -0.15) is 0 Å². The fourth-order valence-electron chi connectivity index (χ4n) is 2.86. The highest BCUT2D eigenvalue weighted by molar-refractivity contribution is 6.02. The number of benzene rings is 3. The summed E-state index contributed by atoms with van der Waals surface area (Å²) in [7, 11) is 0. The van der Waals surface area contributed by atoms with Crippen LogP contribution in [-0.4, -0.2) is 16.0 Å². The second kappa shape index (κ2) is 7.40. The molecule has 5 nitrogen and oxygen atoms in total. The van der Waals surface area contributed by atoms with Crippen LogP contribution in [0.5, 0.6) is 5.75 Å². The Labute approximate surface area is 162 Å². The Morgan fingerprint density at radius 3 is 2.71 bits per heavy atom. The lowest BCUT2D eigenvalue weighted by Gasteiger charge is -2.06. The summed E-state index contributed by atoms with van der Waals surface area (Å²) in [5.74, 6) is 0.0591. The van der Waals surface area contributed by atoms with E-state index < -0.39 is 0 Å². The zero-order valence-corrected chi connectivity index (χ0v) is 15.2. The third kappa shape index (κ3) is 3.78. The number of oxazole rings is 1. The van der Waals surface area contributed by atoms with Gasteiger partial charge in [-0.05, 0) is 54.5 Å². The molecule has 0 aliphatic heterocycles. The summed E-state index contributed by atoms with van der Waals surface area (Å²) in [6.45, 7) is 1.98. The summed E-state index contributed by atoms with van der Waals surface area (Å²) >= 11 is 0. The first-order valence-corrected chi connectivity index (χ1v) is 8.83. The van der Waals surface area contributed by atoms with Crippen LogP contribution in [0.25, 0.3) is 28.6 Å². The first-order valence-electron chi connectivity index (χ1n) is 8.83. The topological polar surface area (TPSA) is 75.4 Å². The van der Waals surface area contributed by atoms with Crippen LogP contribution in [0.1, 0.15) is 11.1 Å². The average molecular weight is 370 g/mol. The summed E-state index contributed by atoms with van der Waals surface area (Å²) in [5.41, 5.74) is 4.32. The van der Waals surface area contributed by atoms with E-state index in [1.807, 2.05) is 55.5 Å². The van der Waals surface area contributed by atoms with Crippen molar-refractivity contribution >= 4 is 28.8 Å². The van der Waals surface area contributed by atoms with Gasteiger partial charge in [-0.25, -0.2) is 4.98 Å². The maximum atomic E-state index is 12.2.